The number of thiophene rings is 1. The number of aryl methyl sites for hydroxylation is 1. The third-order valence-corrected chi connectivity index (χ3v) is 4.94. The predicted octanol–water partition coefficient (Wildman–Crippen LogP) is 4.58. The first-order chi connectivity index (χ1) is 12.0. The van der Waals surface area contributed by atoms with E-state index < -0.39 is 12.0 Å². The molecule has 0 aliphatic rings. The van der Waals surface area contributed by atoms with Gasteiger partial charge in [-0.3, -0.25) is 0 Å². The second kappa shape index (κ2) is 7.19. The van der Waals surface area contributed by atoms with Crippen molar-refractivity contribution in [3.8, 4) is 11.1 Å². The summed E-state index contributed by atoms with van der Waals surface area (Å²) in [5.41, 5.74) is 3.29. The standard InChI is InChI=1S/C19H21N3O2S/c1-11(2)8-15(19(23)24)22-17-16-14(9-25-18(16)21-10-20-17)13-6-4-12(3)5-7-13/h4-7,9-11,15H,8H2,1-3H3,(H,23,24)(H,20,21,22). The topological polar surface area (TPSA) is 75.1 Å². The van der Waals surface area contributed by atoms with Gasteiger partial charge in [-0.25, -0.2) is 14.8 Å². The molecular weight excluding hydrogens is 334 g/mol. The lowest BCUT2D eigenvalue weighted by Gasteiger charge is -2.17. The van der Waals surface area contributed by atoms with E-state index in [1.54, 1.807) is 0 Å². The SMILES string of the molecule is Cc1ccc(-c2csc3ncnc(NC(CC(C)C)C(=O)O)c23)cc1. The second-order valence-electron chi connectivity index (χ2n) is 6.58. The molecule has 0 radical (unpaired) electrons. The first kappa shape index (κ1) is 17.4. The first-order valence-corrected chi connectivity index (χ1v) is 9.12. The van der Waals surface area contributed by atoms with Gasteiger partial charge >= 0.3 is 5.97 Å². The molecule has 0 saturated heterocycles. The number of benzene rings is 1. The van der Waals surface area contributed by atoms with Gasteiger partial charge in [0.1, 0.15) is 23.0 Å². The van der Waals surface area contributed by atoms with Crippen molar-refractivity contribution < 1.29 is 9.90 Å². The number of nitrogens with one attached hydrogen (secondary N) is 1. The van der Waals surface area contributed by atoms with Crippen molar-refractivity contribution in [1.29, 1.82) is 0 Å². The number of rotatable bonds is 6. The molecule has 130 valence electrons. The zero-order valence-corrected chi connectivity index (χ0v) is 15.3. The summed E-state index contributed by atoms with van der Waals surface area (Å²) in [6, 6.07) is 7.58. The fourth-order valence-electron chi connectivity index (χ4n) is 2.79. The average molecular weight is 355 g/mol. The Morgan fingerprint density at radius 1 is 1.24 bits per heavy atom. The molecule has 0 spiro atoms. The number of carbonyl (C=O) groups is 1. The summed E-state index contributed by atoms with van der Waals surface area (Å²) in [6.45, 7) is 6.07. The van der Waals surface area contributed by atoms with Crippen LogP contribution in [0.5, 0.6) is 0 Å². The highest BCUT2D eigenvalue weighted by Crippen LogP contribution is 2.36. The zero-order valence-electron chi connectivity index (χ0n) is 14.5. The lowest BCUT2D eigenvalue weighted by atomic mass is 10.0. The molecule has 0 saturated carbocycles. The Morgan fingerprint density at radius 2 is 1.96 bits per heavy atom. The Kier molecular flexibility index (Phi) is 4.99. The summed E-state index contributed by atoms with van der Waals surface area (Å²) >= 11 is 1.54. The number of hydrogen-bond acceptors (Lipinski definition) is 5. The molecule has 0 bridgehead atoms. The van der Waals surface area contributed by atoms with Gasteiger partial charge in [0, 0.05) is 10.9 Å². The summed E-state index contributed by atoms with van der Waals surface area (Å²) < 4.78 is 0. The molecule has 3 rings (SSSR count). The van der Waals surface area contributed by atoms with Crippen molar-refractivity contribution >= 4 is 33.3 Å². The third-order valence-electron chi connectivity index (χ3n) is 4.05. The first-order valence-electron chi connectivity index (χ1n) is 8.24. The molecule has 0 fully saturated rings. The van der Waals surface area contributed by atoms with Crippen LogP contribution in [0.1, 0.15) is 25.8 Å². The fraction of sp³-hybridized carbons (Fsp3) is 0.316. The van der Waals surface area contributed by atoms with E-state index in [4.69, 9.17) is 0 Å². The number of aromatic nitrogens is 2. The summed E-state index contributed by atoms with van der Waals surface area (Å²) in [7, 11) is 0. The summed E-state index contributed by atoms with van der Waals surface area (Å²) in [5, 5.41) is 15.6. The van der Waals surface area contributed by atoms with Crippen LogP contribution in [0.3, 0.4) is 0 Å². The maximum Gasteiger partial charge on any atom is 0.326 e. The maximum atomic E-state index is 11.6. The molecule has 3 aromatic rings. The van der Waals surface area contributed by atoms with Crippen molar-refractivity contribution in [3.63, 3.8) is 0 Å². The molecule has 2 aromatic heterocycles. The molecule has 5 nitrogen and oxygen atoms in total. The quantitative estimate of drug-likeness (QED) is 0.677. The Labute approximate surface area is 150 Å². The van der Waals surface area contributed by atoms with Crippen LogP contribution < -0.4 is 5.32 Å². The molecule has 1 aromatic carbocycles. The van der Waals surface area contributed by atoms with Gasteiger partial charge in [-0.15, -0.1) is 11.3 Å². The number of nitrogens with zero attached hydrogens (tertiary/aromatic N) is 2. The number of hydrogen-bond donors (Lipinski definition) is 2. The lowest BCUT2D eigenvalue weighted by Crippen LogP contribution is -2.31. The van der Waals surface area contributed by atoms with Gasteiger partial charge in [-0.05, 0) is 24.8 Å². The predicted molar refractivity (Wildman–Crippen MR) is 102 cm³/mol. The van der Waals surface area contributed by atoms with E-state index in [9.17, 15) is 9.90 Å². The number of anilines is 1. The van der Waals surface area contributed by atoms with Gasteiger partial charge in [-0.1, -0.05) is 43.7 Å². The van der Waals surface area contributed by atoms with Gasteiger partial charge < -0.3 is 10.4 Å². The third kappa shape index (κ3) is 3.79. The normalized spacial score (nSPS) is 12.5. The fourth-order valence-corrected chi connectivity index (χ4v) is 3.70. The Hall–Kier alpha value is -2.47. The number of carboxylic acids is 1. The number of carboxylic acid groups (broad SMARTS) is 1. The Morgan fingerprint density at radius 3 is 2.60 bits per heavy atom. The maximum absolute atomic E-state index is 11.6. The molecule has 0 aliphatic carbocycles. The highest BCUT2D eigenvalue weighted by atomic mass is 32.1. The van der Waals surface area contributed by atoms with E-state index in [2.05, 4.69) is 46.5 Å². The largest absolute Gasteiger partial charge is 0.480 e. The van der Waals surface area contributed by atoms with E-state index >= 15 is 0 Å². The summed E-state index contributed by atoms with van der Waals surface area (Å²) in [5.74, 6) is -0.0209. The minimum absolute atomic E-state index is 0.268. The van der Waals surface area contributed by atoms with Crippen LogP contribution in [0.4, 0.5) is 5.82 Å². The Bertz CT molecular complexity index is 887. The lowest BCUT2D eigenvalue weighted by molar-refractivity contribution is -0.138. The van der Waals surface area contributed by atoms with Crippen molar-refractivity contribution in [2.45, 2.75) is 33.2 Å². The minimum Gasteiger partial charge on any atom is -0.480 e. The molecule has 1 unspecified atom stereocenters. The molecular formula is C19H21N3O2S. The van der Waals surface area contributed by atoms with Gasteiger partial charge in [0.15, 0.2) is 0 Å². The van der Waals surface area contributed by atoms with Crippen LogP contribution >= 0.6 is 11.3 Å². The average Bonchev–Trinajstić information content (AvgIpc) is 2.99. The van der Waals surface area contributed by atoms with Gasteiger partial charge in [0.25, 0.3) is 0 Å². The van der Waals surface area contributed by atoms with Gasteiger partial charge in [-0.2, -0.15) is 0 Å². The summed E-state index contributed by atoms with van der Waals surface area (Å²) in [6.07, 6.45) is 2.01. The number of fused-ring (bicyclic) bond motifs is 1. The second-order valence-corrected chi connectivity index (χ2v) is 7.44. The molecule has 0 amide bonds. The van der Waals surface area contributed by atoms with Crippen LogP contribution in [-0.4, -0.2) is 27.1 Å². The number of aliphatic carboxylic acids is 1. The Balaban J connectivity index is 2.05. The molecule has 0 aliphatic heterocycles. The van der Waals surface area contributed by atoms with E-state index in [0.29, 0.717) is 12.2 Å². The highest BCUT2D eigenvalue weighted by Gasteiger charge is 2.22. The highest BCUT2D eigenvalue weighted by molar-refractivity contribution is 7.17. The van der Waals surface area contributed by atoms with Crippen molar-refractivity contribution in [2.75, 3.05) is 5.32 Å². The van der Waals surface area contributed by atoms with E-state index in [-0.39, 0.29) is 5.92 Å². The van der Waals surface area contributed by atoms with Gasteiger partial charge in [0.05, 0.1) is 5.39 Å². The molecule has 6 heteroatoms. The minimum atomic E-state index is -0.868. The van der Waals surface area contributed by atoms with Gasteiger partial charge in [0.2, 0.25) is 0 Å². The van der Waals surface area contributed by atoms with Crippen molar-refractivity contribution in [3.05, 3.63) is 41.5 Å². The smallest absolute Gasteiger partial charge is 0.326 e. The molecule has 2 heterocycles. The van der Waals surface area contributed by atoms with Crippen LogP contribution in [0.2, 0.25) is 0 Å². The zero-order chi connectivity index (χ0) is 18.0. The van der Waals surface area contributed by atoms with Crippen LogP contribution in [0.15, 0.2) is 36.0 Å². The van der Waals surface area contributed by atoms with E-state index in [0.717, 1.165) is 21.3 Å². The molecule has 1 atom stereocenters. The monoisotopic (exact) mass is 355 g/mol. The molecule has 2 N–H and O–H groups in total. The molecule has 25 heavy (non-hydrogen) atoms. The van der Waals surface area contributed by atoms with Crippen LogP contribution in [0, 0.1) is 12.8 Å². The van der Waals surface area contributed by atoms with Crippen molar-refractivity contribution in [2.24, 2.45) is 5.92 Å². The van der Waals surface area contributed by atoms with Crippen LogP contribution in [-0.2, 0) is 4.79 Å². The summed E-state index contributed by atoms with van der Waals surface area (Å²) in [4.78, 5) is 21.1. The van der Waals surface area contributed by atoms with E-state index in [1.807, 2.05) is 19.2 Å². The van der Waals surface area contributed by atoms with Crippen molar-refractivity contribution in [1.82, 2.24) is 9.97 Å². The van der Waals surface area contributed by atoms with Crippen LogP contribution in [0.25, 0.3) is 21.3 Å². The van der Waals surface area contributed by atoms with E-state index in [1.165, 1.54) is 23.2 Å².